The Hall–Kier alpha value is -1.04. The molecule has 1 aromatic rings. The van der Waals surface area contributed by atoms with Crippen LogP contribution in [0.15, 0.2) is 12.4 Å². The lowest BCUT2D eigenvalue weighted by atomic mass is 10.2. The van der Waals surface area contributed by atoms with E-state index in [9.17, 15) is 8.42 Å². The van der Waals surface area contributed by atoms with Gasteiger partial charge in [0.15, 0.2) is 9.84 Å². The average Bonchev–Trinajstić information content (AvgIpc) is 2.84. The Morgan fingerprint density at radius 3 is 2.94 bits per heavy atom. The Balaban J connectivity index is 2.03. The molecule has 0 spiro atoms. The highest BCUT2D eigenvalue weighted by molar-refractivity contribution is 7.92. The van der Waals surface area contributed by atoms with Crippen LogP contribution in [0.25, 0.3) is 0 Å². The summed E-state index contributed by atoms with van der Waals surface area (Å²) in [5.41, 5.74) is 0. The van der Waals surface area contributed by atoms with Crippen molar-refractivity contribution in [1.29, 1.82) is 0 Å². The Labute approximate surface area is 109 Å². The van der Waals surface area contributed by atoms with Crippen molar-refractivity contribution >= 4 is 15.8 Å². The third-order valence-electron chi connectivity index (χ3n) is 3.25. The number of aromatic nitrogens is 2. The molecule has 0 amide bonds. The highest BCUT2D eigenvalue weighted by Gasteiger charge is 2.31. The van der Waals surface area contributed by atoms with Crippen LogP contribution in [0.1, 0.15) is 26.7 Å². The third-order valence-corrected chi connectivity index (χ3v) is 5.51. The van der Waals surface area contributed by atoms with Crippen LogP contribution in [0, 0.1) is 5.92 Å². The number of rotatable bonds is 5. The van der Waals surface area contributed by atoms with Gasteiger partial charge in [-0.15, -0.1) is 0 Å². The van der Waals surface area contributed by atoms with E-state index in [4.69, 9.17) is 0 Å². The van der Waals surface area contributed by atoms with Crippen LogP contribution in [0.5, 0.6) is 0 Å². The van der Waals surface area contributed by atoms with E-state index in [1.165, 1.54) is 0 Å². The number of hydrogen-bond acceptors (Lipinski definition) is 4. The highest BCUT2D eigenvalue weighted by Crippen LogP contribution is 2.22. The van der Waals surface area contributed by atoms with E-state index < -0.39 is 9.84 Å². The molecular formula is C12H21N3O2S. The zero-order valence-electron chi connectivity index (χ0n) is 11.0. The summed E-state index contributed by atoms with van der Waals surface area (Å²) in [5, 5.41) is 3.01. The smallest absolute Gasteiger partial charge is 0.202 e. The molecule has 1 saturated heterocycles. The molecule has 2 heterocycles. The van der Waals surface area contributed by atoms with Gasteiger partial charge in [0.2, 0.25) is 5.95 Å². The molecule has 1 N–H and O–H groups in total. The van der Waals surface area contributed by atoms with Crippen LogP contribution >= 0.6 is 0 Å². The van der Waals surface area contributed by atoms with Crippen molar-refractivity contribution in [2.45, 2.75) is 38.5 Å². The molecule has 18 heavy (non-hydrogen) atoms. The number of imidazole rings is 1. The van der Waals surface area contributed by atoms with Crippen molar-refractivity contribution in [3.63, 3.8) is 0 Å². The zero-order chi connectivity index (χ0) is 13.2. The lowest BCUT2D eigenvalue weighted by Gasteiger charge is -2.14. The molecule has 102 valence electrons. The normalized spacial score (nSPS) is 22.5. The SMILES string of the molecule is CC(C)CNc1nccn1CC1CCCS1(=O)=O. The molecule has 1 fully saturated rings. The van der Waals surface area contributed by atoms with Crippen molar-refractivity contribution in [2.24, 2.45) is 5.92 Å². The lowest BCUT2D eigenvalue weighted by molar-refractivity contribution is 0.566. The summed E-state index contributed by atoms with van der Waals surface area (Å²) in [7, 11) is -2.89. The van der Waals surface area contributed by atoms with Crippen molar-refractivity contribution in [2.75, 3.05) is 17.6 Å². The quantitative estimate of drug-likeness (QED) is 0.882. The highest BCUT2D eigenvalue weighted by atomic mass is 32.2. The minimum Gasteiger partial charge on any atom is -0.355 e. The van der Waals surface area contributed by atoms with E-state index in [0.29, 0.717) is 18.2 Å². The maximum atomic E-state index is 11.8. The predicted octanol–water partition coefficient (Wildman–Crippen LogP) is 1.53. The summed E-state index contributed by atoms with van der Waals surface area (Å²) < 4.78 is 25.5. The van der Waals surface area contributed by atoms with Gasteiger partial charge in [-0.2, -0.15) is 0 Å². The first-order chi connectivity index (χ1) is 8.49. The van der Waals surface area contributed by atoms with Gasteiger partial charge in [0.05, 0.1) is 11.0 Å². The molecule has 1 atom stereocenters. The molecule has 2 rings (SSSR count). The molecule has 0 saturated carbocycles. The molecule has 1 aliphatic heterocycles. The lowest BCUT2D eigenvalue weighted by Crippen LogP contribution is -2.23. The van der Waals surface area contributed by atoms with Gasteiger partial charge in [-0.1, -0.05) is 13.8 Å². The zero-order valence-corrected chi connectivity index (χ0v) is 11.8. The Morgan fingerprint density at radius 1 is 1.56 bits per heavy atom. The number of nitrogens with one attached hydrogen (secondary N) is 1. The standard InChI is InChI=1S/C12H21N3O2S/c1-10(2)8-14-12-13-5-6-15(12)9-11-4-3-7-18(11,16)17/h5-6,10-11H,3-4,7-9H2,1-2H3,(H,13,14). The number of sulfone groups is 1. The van der Waals surface area contributed by atoms with Gasteiger partial charge in [-0.25, -0.2) is 13.4 Å². The first-order valence-corrected chi connectivity index (χ1v) is 8.17. The first kappa shape index (κ1) is 13.4. The van der Waals surface area contributed by atoms with Gasteiger partial charge < -0.3 is 9.88 Å². The summed E-state index contributed by atoms with van der Waals surface area (Å²) in [5.74, 6) is 1.64. The summed E-state index contributed by atoms with van der Waals surface area (Å²) in [6, 6.07) is 0. The largest absolute Gasteiger partial charge is 0.355 e. The van der Waals surface area contributed by atoms with Crippen molar-refractivity contribution < 1.29 is 8.42 Å². The van der Waals surface area contributed by atoms with Gasteiger partial charge in [0.1, 0.15) is 0 Å². The fraction of sp³-hybridized carbons (Fsp3) is 0.750. The second kappa shape index (κ2) is 5.30. The van der Waals surface area contributed by atoms with Crippen molar-refractivity contribution in [1.82, 2.24) is 9.55 Å². The Morgan fingerprint density at radius 2 is 2.33 bits per heavy atom. The second-order valence-electron chi connectivity index (χ2n) is 5.31. The van der Waals surface area contributed by atoms with Crippen LogP contribution < -0.4 is 5.32 Å². The Bertz CT molecular complexity index is 493. The van der Waals surface area contributed by atoms with Crippen LogP contribution in [0.4, 0.5) is 5.95 Å². The van der Waals surface area contributed by atoms with Gasteiger partial charge in [0.25, 0.3) is 0 Å². The van der Waals surface area contributed by atoms with Crippen LogP contribution in [0.2, 0.25) is 0 Å². The maximum absolute atomic E-state index is 11.8. The van der Waals surface area contributed by atoms with Gasteiger partial charge in [-0.05, 0) is 18.8 Å². The van der Waals surface area contributed by atoms with Gasteiger partial charge in [-0.3, -0.25) is 0 Å². The number of anilines is 1. The molecule has 1 unspecified atom stereocenters. The molecule has 0 bridgehead atoms. The number of nitrogens with zero attached hydrogens (tertiary/aromatic N) is 2. The fourth-order valence-corrected chi connectivity index (χ4v) is 4.02. The van der Waals surface area contributed by atoms with Gasteiger partial charge >= 0.3 is 0 Å². The summed E-state index contributed by atoms with van der Waals surface area (Å²) in [4.78, 5) is 4.23. The average molecular weight is 271 g/mol. The first-order valence-electron chi connectivity index (χ1n) is 6.45. The molecule has 5 nitrogen and oxygen atoms in total. The van der Waals surface area contributed by atoms with Crippen molar-refractivity contribution in [3.8, 4) is 0 Å². The summed E-state index contributed by atoms with van der Waals surface area (Å²) in [6.07, 6.45) is 5.11. The predicted molar refractivity (Wildman–Crippen MR) is 72.4 cm³/mol. The Kier molecular flexibility index (Phi) is 3.94. The topological polar surface area (TPSA) is 64.0 Å². The molecule has 1 aromatic heterocycles. The summed E-state index contributed by atoms with van der Waals surface area (Å²) >= 11 is 0. The maximum Gasteiger partial charge on any atom is 0.202 e. The van der Waals surface area contributed by atoms with E-state index in [0.717, 1.165) is 25.3 Å². The van der Waals surface area contributed by atoms with E-state index in [1.54, 1.807) is 6.20 Å². The summed E-state index contributed by atoms with van der Waals surface area (Å²) in [6.45, 7) is 5.61. The van der Waals surface area contributed by atoms with Crippen LogP contribution in [0.3, 0.4) is 0 Å². The fourth-order valence-electron chi connectivity index (χ4n) is 2.20. The van der Waals surface area contributed by atoms with E-state index >= 15 is 0 Å². The molecule has 0 aliphatic carbocycles. The molecule has 0 radical (unpaired) electrons. The van der Waals surface area contributed by atoms with Gasteiger partial charge in [0, 0.05) is 25.5 Å². The minimum atomic E-state index is -2.89. The van der Waals surface area contributed by atoms with E-state index in [1.807, 2.05) is 10.8 Å². The molecule has 1 aliphatic rings. The minimum absolute atomic E-state index is 0.244. The second-order valence-corrected chi connectivity index (χ2v) is 7.71. The van der Waals surface area contributed by atoms with Crippen LogP contribution in [-0.4, -0.2) is 35.5 Å². The molecule has 6 heteroatoms. The van der Waals surface area contributed by atoms with E-state index in [-0.39, 0.29) is 5.25 Å². The molecule has 0 aromatic carbocycles. The van der Waals surface area contributed by atoms with Crippen molar-refractivity contribution in [3.05, 3.63) is 12.4 Å². The monoisotopic (exact) mass is 271 g/mol. The third kappa shape index (κ3) is 3.04. The molecular weight excluding hydrogens is 250 g/mol. The van der Waals surface area contributed by atoms with Crippen LogP contribution in [-0.2, 0) is 16.4 Å². The number of hydrogen-bond donors (Lipinski definition) is 1. The van der Waals surface area contributed by atoms with E-state index in [2.05, 4.69) is 24.1 Å².